The van der Waals surface area contributed by atoms with Crippen molar-refractivity contribution < 1.29 is 4.79 Å². The summed E-state index contributed by atoms with van der Waals surface area (Å²) >= 11 is 0. The molecule has 3 nitrogen and oxygen atoms in total. The molecule has 0 aromatic heterocycles. The minimum absolute atomic E-state index is 0.107. The van der Waals surface area contributed by atoms with Crippen molar-refractivity contribution >= 4 is 11.6 Å². The second-order valence-electron chi connectivity index (χ2n) is 5.88. The van der Waals surface area contributed by atoms with Gasteiger partial charge in [-0.15, -0.1) is 0 Å². The smallest absolute Gasteiger partial charge is 0.224 e. The average Bonchev–Trinajstić information content (AvgIpc) is 2.38. The van der Waals surface area contributed by atoms with Gasteiger partial charge >= 0.3 is 0 Å². The minimum atomic E-state index is 0.107. The summed E-state index contributed by atoms with van der Waals surface area (Å²) in [4.78, 5) is 12.1. The van der Waals surface area contributed by atoms with Crippen molar-refractivity contribution in [3.63, 3.8) is 0 Å². The number of carbonyl (C=O) groups excluding carboxylic acids is 1. The highest BCUT2D eigenvalue weighted by atomic mass is 16.1. The van der Waals surface area contributed by atoms with Gasteiger partial charge in [-0.1, -0.05) is 45.9 Å². The Bertz CT molecular complexity index is 412. The molecule has 0 aliphatic rings. The number of benzene rings is 1. The predicted octanol–water partition coefficient (Wildman–Crippen LogP) is 3.87. The van der Waals surface area contributed by atoms with E-state index in [0.717, 1.165) is 18.7 Å². The van der Waals surface area contributed by atoms with E-state index in [0.29, 0.717) is 18.3 Å². The maximum Gasteiger partial charge on any atom is 0.224 e. The molecule has 0 radical (unpaired) electrons. The van der Waals surface area contributed by atoms with Gasteiger partial charge in [-0.2, -0.15) is 0 Å². The number of hydrogen-bond acceptors (Lipinski definition) is 2. The molecule has 0 aliphatic heterocycles. The zero-order valence-corrected chi connectivity index (χ0v) is 13.4. The SMILES string of the molecule is CNCCCC(=O)Nc1c(C(C)C)cccc1C(C)C. The summed E-state index contributed by atoms with van der Waals surface area (Å²) in [6.45, 7) is 9.52. The third-order valence-corrected chi connectivity index (χ3v) is 3.47. The molecule has 0 bridgehead atoms. The van der Waals surface area contributed by atoms with Crippen LogP contribution in [0.4, 0.5) is 5.69 Å². The first kappa shape index (κ1) is 16.7. The molecule has 0 spiro atoms. The summed E-state index contributed by atoms with van der Waals surface area (Å²) in [6, 6.07) is 6.31. The van der Waals surface area contributed by atoms with Gasteiger partial charge in [0.1, 0.15) is 0 Å². The molecule has 3 heteroatoms. The summed E-state index contributed by atoms with van der Waals surface area (Å²) in [7, 11) is 1.91. The van der Waals surface area contributed by atoms with Crippen LogP contribution in [0.5, 0.6) is 0 Å². The Balaban J connectivity index is 2.93. The Morgan fingerprint density at radius 3 is 2.10 bits per heavy atom. The second kappa shape index (κ2) is 8.05. The Morgan fingerprint density at radius 2 is 1.65 bits per heavy atom. The highest BCUT2D eigenvalue weighted by Gasteiger charge is 2.15. The van der Waals surface area contributed by atoms with Gasteiger partial charge in [-0.05, 0) is 43.0 Å². The van der Waals surface area contributed by atoms with E-state index in [1.54, 1.807) is 0 Å². The second-order valence-corrected chi connectivity index (χ2v) is 5.88. The molecule has 0 atom stereocenters. The largest absolute Gasteiger partial charge is 0.326 e. The maximum atomic E-state index is 12.1. The molecule has 1 amide bonds. The van der Waals surface area contributed by atoms with Gasteiger partial charge in [0, 0.05) is 12.1 Å². The first-order valence-corrected chi connectivity index (χ1v) is 7.54. The predicted molar refractivity (Wildman–Crippen MR) is 86.4 cm³/mol. The van der Waals surface area contributed by atoms with Gasteiger partial charge in [0.05, 0.1) is 0 Å². The third kappa shape index (κ3) is 4.64. The monoisotopic (exact) mass is 276 g/mol. The van der Waals surface area contributed by atoms with Crippen LogP contribution in [0, 0.1) is 0 Å². The number of hydrogen-bond donors (Lipinski definition) is 2. The Kier molecular flexibility index (Phi) is 6.73. The van der Waals surface area contributed by atoms with E-state index in [1.165, 1.54) is 11.1 Å². The van der Waals surface area contributed by atoms with Crippen LogP contribution < -0.4 is 10.6 Å². The quantitative estimate of drug-likeness (QED) is 0.742. The standard InChI is InChI=1S/C17H28N2O/c1-12(2)14-8-6-9-15(13(3)4)17(14)19-16(20)10-7-11-18-5/h6,8-9,12-13,18H,7,10-11H2,1-5H3,(H,19,20). The fraction of sp³-hybridized carbons (Fsp3) is 0.588. The lowest BCUT2D eigenvalue weighted by Gasteiger charge is -2.20. The Morgan fingerprint density at radius 1 is 1.10 bits per heavy atom. The zero-order valence-electron chi connectivity index (χ0n) is 13.4. The molecular formula is C17H28N2O. The maximum absolute atomic E-state index is 12.1. The van der Waals surface area contributed by atoms with Crippen molar-refractivity contribution in [3.8, 4) is 0 Å². The highest BCUT2D eigenvalue weighted by molar-refractivity contribution is 5.92. The Labute approximate surface area is 123 Å². The van der Waals surface area contributed by atoms with Gasteiger partial charge in [0.25, 0.3) is 0 Å². The van der Waals surface area contributed by atoms with Crippen LogP contribution >= 0.6 is 0 Å². The van der Waals surface area contributed by atoms with E-state index in [1.807, 2.05) is 7.05 Å². The average molecular weight is 276 g/mol. The van der Waals surface area contributed by atoms with Crippen LogP contribution in [-0.4, -0.2) is 19.5 Å². The molecule has 1 aromatic rings. The molecule has 1 aromatic carbocycles. The molecule has 2 N–H and O–H groups in total. The molecule has 112 valence electrons. The molecule has 20 heavy (non-hydrogen) atoms. The number of anilines is 1. The molecule has 1 rings (SSSR count). The molecule has 0 fully saturated rings. The van der Waals surface area contributed by atoms with Crippen LogP contribution in [0.25, 0.3) is 0 Å². The zero-order chi connectivity index (χ0) is 15.1. The number of nitrogens with one attached hydrogen (secondary N) is 2. The first-order chi connectivity index (χ1) is 9.47. The summed E-state index contributed by atoms with van der Waals surface area (Å²) in [5.74, 6) is 0.915. The van der Waals surface area contributed by atoms with Gasteiger partial charge < -0.3 is 10.6 Å². The van der Waals surface area contributed by atoms with Crippen molar-refractivity contribution in [1.82, 2.24) is 5.32 Å². The molecule has 0 heterocycles. The molecule has 0 aliphatic carbocycles. The summed E-state index contributed by atoms with van der Waals surface area (Å²) < 4.78 is 0. The van der Waals surface area contributed by atoms with Crippen molar-refractivity contribution in [3.05, 3.63) is 29.3 Å². The van der Waals surface area contributed by atoms with Crippen LogP contribution in [0.1, 0.15) is 63.5 Å². The summed E-state index contributed by atoms with van der Waals surface area (Å²) in [5, 5.41) is 6.20. The van der Waals surface area contributed by atoms with Crippen molar-refractivity contribution in [2.75, 3.05) is 18.9 Å². The topological polar surface area (TPSA) is 41.1 Å². The third-order valence-electron chi connectivity index (χ3n) is 3.47. The van der Waals surface area contributed by atoms with E-state index in [2.05, 4.69) is 56.5 Å². The van der Waals surface area contributed by atoms with Gasteiger partial charge in [-0.25, -0.2) is 0 Å². The van der Waals surface area contributed by atoms with E-state index in [4.69, 9.17) is 0 Å². The van der Waals surface area contributed by atoms with Crippen molar-refractivity contribution in [1.29, 1.82) is 0 Å². The highest BCUT2D eigenvalue weighted by Crippen LogP contribution is 2.32. The van der Waals surface area contributed by atoms with Gasteiger partial charge in [-0.3, -0.25) is 4.79 Å². The lowest BCUT2D eigenvalue weighted by Crippen LogP contribution is -2.17. The van der Waals surface area contributed by atoms with Crippen LogP contribution in [0.15, 0.2) is 18.2 Å². The minimum Gasteiger partial charge on any atom is -0.326 e. The van der Waals surface area contributed by atoms with E-state index in [-0.39, 0.29) is 5.91 Å². The summed E-state index contributed by atoms with van der Waals surface area (Å²) in [6.07, 6.45) is 1.42. The molecule has 0 saturated carbocycles. The number of amides is 1. The van der Waals surface area contributed by atoms with E-state index in [9.17, 15) is 4.79 Å². The number of para-hydroxylation sites is 1. The number of rotatable bonds is 7. The lowest BCUT2D eigenvalue weighted by molar-refractivity contribution is -0.116. The van der Waals surface area contributed by atoms with Gasteiger partial charge in [0.2, 0.25) is 5.91 Å². The van der Waals surface area contributed by atoms with E-state index < -0.39 is 0 Å². The summed E-state index contributed by atoms with van der Waals surface area (Å²) in [5.41, 5.74) is 3.46. The molecule has 0 saturated heterocycles. The van der Waals surface area contributed by atoms with Crippen LogP contribution in [0.2, 0.25) is 0 Å². The molecular weight excluding hydrogens is 248 g/mol. The Hall–Kier alpha value is -1.35. The van der Waals surface area contributed by atoms with Crippen LogP contribution in [-0.2, 0) is 4.79 Å². The van der Waals surface area contributed by atoms with Crippen molar-refractivity contribution in [2.45, 2.75) is 52.4 Å². The van der Waals surface area contributed by atoms with E-state index >= 15 is 0 Å². The fourth-order valence-electron chi connectivity index (χ4n) is 2.32. The van der Waals surface area contributed by atoms with Gasteiger partial charge in [0.15, 0.2) is 0 Å². The molecule has 0 unspecified atom stereocenters. The van der Waals surface area contributed by atoms with Crippen molar-refractivity contribution in [2.24, 2.45) is 0 Å². The number of carbonyl (C=O) groups is 1. The fourth-order valence-corrected chi connectivity index (χ4v) is 2.32. The lowest BCUT2D eigenvalue weighted by atomic mass is 9.92. The van der Waals surface area contributed by atoms with Crippen LogP contribution in [0.3, 0.4) is 0 Å². The normalized spacial score (nSPS) is 11.2. The first-order valence-electron chi connectivity index (χ1n) is 7.54.